The SMILES string of the molecule is CNC(=O)c1ccc(C[NH+](C)CC(=O)N[C@@H](C)c2ccc3c(c2)OCO3)cc1. The van der Waals surface area contributed by atoms with Gasteiger partial charge in [-0.1, -0.05) is 18.2 Å². The number of benzene rings is 2. The molecule has 0 saturated heterocycles. The Labute approximate surface area is 164 Å². The molecule has 0 fully saturated rings. The van der Waals surface area contributed by atoms with Gasteiger partial charge in [-0.25, -0.2) is 0 Å². The first-order valence-corrected chi connectivity index (χ1v) is 9.27. The maximum Gasteiger partial charge on any atom is 0.275 e. The minimum atomic E-state index is -0.123. The molecule has 2 amide bonds. The number of likely N-dealkylation sites (N-methyl/N-ethyl adjacent to an activating group) is 1. The van der Waals surface area contributed by atoms with Crippen molar-refractivity contribution in [3.05, 3.63) is 59.2 Å². The normalized spacial score (nSPS) is 14.2. The van der Waals surface area contributed by atoms with Gasteiger partial charge in [0, 0.05) is 18.2 Å². The Hall–Kier alpha value is -3.06. The molecule has 148 valence electrons. The number of amides is 2. The van der Waals surface area contributed by atoms with Crippen LogP contribution in [0, 0.1) is 0 Å². The first-order valence-electron chi connectivity index (χ1n) is 9.27. The molecule has 7 nitrogen and oxygen atoms in total. The summed E-state index contributed by atoms with van der Waals surface area (Å²) in [5, 5.41) is 5.63. The van der Waals surface area contributed by atoms with Crippen LogP contribution in [-0.4, -0.2) is 39.2 Å². The zero-order valence-electron chi connectivity index (χ0n) is 16.4. The number of quaternary nitrogens is 1. The summed E-state index contributed by atoms with van der Waals surface area (Å²) >= 11 is 0. The van der Waals surface area contributed by atoms with Gasteiger partial charge in [0.05, 0.1) is 13.1 Å². The topological polar surface area (TPSA) is 81.1 Å². The molecule has 0 aliphatic carbocycles. The number of hydrogen-bond acceptors (Lipinski definition) is 4. The fourth-order valence-electron chi connectivity index (χ4n) is 3.16. The lowest BCUT2D eigenvalue weighted by Gasteiger charge is -2.18. The van der Waals surface area contributed by atoms with Crippen molar-refractivity contribution in [2.24, 2.45) is 0 Å². The minimum absolute atomic E-state index is 0.0235. The van der Waals surface area contributed by atoms with Crippen LogP contribution in [0.2, 0.25) is 0 Å². The van der Waals surface area contributed by atoms with E-state index in [1.54, 1.807) is 19.2 Å². The van der Waals surface area contributed by atoms with Crippen LogP contribution in [0.25, 0.3) is 0 Å². The molecule has 2 aromatic carbocycles. The number of hydrogen-bond donors (Lipinski definition) is 3. The predicted molar refractivity (Wildman–Crippen MR) is 104 cm³/mol. The van der Waals surface area contributed by atoms with E-state index in [1.165, 1.54) is 0 Å². The molecule has 1 heterocycles. The molecular formula is C21H26N3O4+. The van der Waals surface area contributed by atoms with E-state index >= 15 is 0 Å². The third kappa shape index (κ3) is 4.80. The standard InChI is InChI=1S/C21H25N3O4/c1-14(17-8-9-18-19(10-17)28-13-27-18)23-20(25)12-24(3)11-15-4-6-16(7-5-15)21(26)22-2/h4-10,14H,11-13H2,1-3H3,(H,22,26)(H,23,25)/p+1/t14-/m0/s1. The van der Waals surface area contributed by atoms with Gasteiger partial charge in [0.2, 0.25) is 6.79 Å². The summed E-state index contributed by atoms with van der Waals surface area (Å²) in [6.07, 6.45) is 0. The van der Waals surface area contributed by atoms with Crippen LogP contribution in [0.4, 0.5) is 0 Å². The van der Waals surface area contributed by atoms with Gasteiger partial charge in [-0.15, -0.1) is 0 Å². The van der Waals surface area contributed by atoms with Crippen molar-refractivity contribution in [2.75, 3.05) is 27.4 Å². The largest absolute Gasteiger partial charge is 0.454 e. The summed E-state index contributed by atoms with van der Waals surface area (Å²) < 4.78 is 10.7. The average molecular weight is 384 g/mol. The van der Waals surface area contributed by atoms with Crippen molar-refractivity contribution in [2.45, 2.75) is 19.5 Å². The Morgan fingerprint density at radius 3 is 2.54 bits per heavy atom. The Bertz CT molecular complexity index is 851. The Kier molecular flexibility index (Phi) is 6.16. The van der Waals surface area contributed by atoms with E-state index in [0.29, 0.717) is 24.4 Å². The molecule has 2 atom stereocenters. The zero-order valence-corrected chi connectivity index (χ0v) is 16.4. The van der Waals surface area contributed by atoms with Crippen molar-refractivity contribution >= 4 is 11.8 Å². The maximum absolute atomic E-state index is 12.4. The van der Waals surface area contributed by atoms with Gasteiger partial charge in [0.25, 0.3) is 11.8 Å². The molecule has 1 unspecified atom stereocenters. The highest BCUT2D eigenvalue weighted by atomic mass is 16.7. The third-order valence-corrected chi connectivity index (χ3v) is 4.69. The van der Waals surface area contributed by atoms with Gasteiger partial charge in [0.15, 0.2) is 18.0 Å². The third-order valence-electron chi connectivity index (χ3n) is 4.69. The molecule has 28 heavy (non-hydrogen) atoms. The summed E-state index contributed by atoms with van der Waals surface area (Å²) in [4.78, 5) is 25.1. The molecular weight excluding hydrogens is 358 g/mol. The minimum Gasteiger partial charge on any atom is -0.454 e. The number of nitrogens with one attached hydrogen (secondary N) is 3. The highest BCUT2D eigenvalue weighted by molar-refractivity contribution is 5.93. The molecule has 0 aromatic heterocycles. The molecule has 0 saturated carbocycles. The van der Waals surface area contributed by atoms with Gasteiger partial charge < -0.3 is 25.0 Å². The second-order valence-electron chi connectivity index (χ2n) is 6.99. The number of ether oxygens (including phenoxy) is 2. The van der Waals surface area contributed by atoms with E-state index in [0.717, 1.165) is 21.8 Å². The van der Waals surface area contributed by atoms with E-state index < -0.39 is 0 Å². The van der Waals surface area contributed by atoms with Crippen molar-refractivity contribution in [1.82, 2.24) is 10.6 Å². The Morgan fingerprint density at radius 1 is 1.11 bits per heavy atom. The van der Waals surface area contributed by atoms with Gasteiger partial charge in [0.1, 0.15) is 6.54 Å². The van der Waals surface area contributed by atoms with E-state index in [2.05, 4.69) is 10.6 Å². The van der Waals surface area contributed by atoms with Crippen LogP contribution in [0.1, 0.15) is 34.5 Å². The molecule has 0 bridgehead atoms. The van der Waals surface area contributed by atoms with Gasteiger partial charge in [-0.2, -0.15) is 0 Å². The lowest BCUT2D eigenvalue weighted by atomic mass is 10.1. The lowest BCUT2D eigenvalue weighted by Crippen LogP contribution is -3.08. The summed E-state index contributed by atoms with van der Waals surface area (Å²) in [6, 6.07) is 13.0. The second-order valence-corrected chi connectivity index (χ2v) is 6.99. The maximum atomic E-state index is 12.4. The van der Waals surface area contributed by atoms with Gasteiger partial charge in [-0.05, 0) is 36.8 Å². The molecule has 0 spiro atoms. The zero-order chi connectivity index (χ0) is 20.1. The summed E-state index contributed by atoms with van der Waals surface area (Å²) in [6.45, 7) is 3.23. The van der Waals surface area contributed by atoms with E-state index in [9.17, 15) is 9.59 Å². The van der Waals surface area contributed by atoms with Crippen molar-refractivity contribution in [3.8, 4) is 11.5 Å². The fourth-order valence-corrected chi connectivity index (χ4v) is 3.16. The summed E-state index contributed by atoms with van der Waals surface area (Å²) in [7, 11) is 3.58. The smallest absolute Gasteiger partial charge is 0.275 e. The van der Waals surface area contributed by atoms with Gasteiger partial charge >= 0.3 is 0 Å². The number of rotatable bonds is 7. The Balaban J connectivity index is 1.50. The molecule has 3 rings (SSSR count). The lowest BCUT2D eigenvalue weighted by molar-refractivity contribution is -0.885. The molecule has 3 N–H and O–H groups in total. The van der Waals surface area contributed by atoms with Crippen LogP contribution in [-0.2, 0) is 11.3 Å². The van der Waals surface area contributed by atoms with Crippen LogP contribution in [0.5, 0.6) is 11.5 Å². The quantitative estimate of drug-likeness (QED) is 0.655. The highest BCUT2D eigenvalue weighted by Crippen LogP contribution is 2.34. The van der Waals surface area contributed by atoms with E-state index in [1.807, 2.05) is 44.3 Å². The number of fused-ring (bicyclic) bond motifs is 1. The predicted octanol–water partition coefficient (Wildman–Crippen LogP) is 0.667. The molecule has 1 aliphatic heterocycles. The van der Waals surface area contributed by atoms with Crippen molar-refractivity contribution in [1.29, 1.82) is 0 Å². The van der Waals surface area contributed by atoms with Gasteiger partial charge in [-0.3, -0.25) is 9.59 Å². The summed E-state index contributed by atoms with van der Waals surface area (Å²) in [5.41, 5.74) is 2.67. The Morgan fingerprint density at radius 2 is 1.82 bits per heavy atom. The molecule has 2 aromatic rings. The van der Waals surface area contributed by atoms with Crippen LogP contribution < -0.4 is 25.0 Å². The first kappa shape index (κ1) is 19.7. The highest BCUT2D eigenvalue weighted by Gasteiger charge is 2.18. The first-order chi connectivity index (χ1) is 13.5. The van der Waals surface area contributed by atoms with E-state index in [-0.39, 0.29) is 24.6 Å². The average Bonchev–Trinajstić information content (AvgIpc) is 3.15. The van der Waals surface area contributed by atoms with E-state index in [4.69, 9.17) is 9.47 Å². The second kappa shape index (κ2) is 8.75. The number of carbonyl (C=O) groups is 2. The van der Waals surface area contributed by atoms with Crippen LogP contribution in [0.15, 0.2) is 42.5 Å². The summed E-state index contributed by atoms with van der Waals surface area (Å²) in [5.74, 6) is 1.31. The van der Waals surface area contributed by atoms with Crippen LogP contribution >= 0.6 is 0 Å². The van der Waals surface area contributed by atoms with Crippen molar-refractivity contribution < 1.29 is 24.0 Å². The molecule has 7 heteroatoms. The molecule has 0 radical (unpaired) electrons. The number of carbonyl (C=O) groups excluding carboxylic acids is 2. The van der Waals surface area contributed by atoms with Crippen molar-refractivity contribution in [3.63, 3.8) is 0 Å². The fraction of sp³-hybridized carbons (Fsp3) is 0.333. The van der Waals surface area contributed by atoms with Crippen LogP contribution in [0.3, 0.4) is 0 Å². The molecule has 1 aliphatic rings. The monoisotopic (exact) mass is 384 g/mol.